The van der Waals surface area contributed by atoms with Gasteiger partial charge in [-0.1, -0.05) is 25.1 Å². The van der Waals surface area contributed by atoms with Crippen LogP contribution in [0, 0.1) is 6.92 Å². The number of aliphatic carboxylic acids is 1. The van der Waals surface area contributed by atoms with E-state index in [1.54, 1.807) is 25.3 Å². The van der Waals surface area contributed by atoms with Crippen LogP contribution in [0.15, 0.2) is 57.9 Å². The van der Waals surface area contributed by atoms with E-state index in [0.29, 0.717) is 23.3 Å². The first-order chi connectivity index (χ1) is 15.9. The highest BCUT2D eigenvalue weighted by Gasteiger charge is 2.22. The SMILES string of the molecule is CCc1cc(=O)oc2c(C)c(OCC(=O)N[C@H](Cc3c[nH]c4ccccc34)C(=O)O)ccc12. The van der Waals surface area contributed by atoms with Gasteiger partial charge in [0.05, 0.1) is 0 Å². The van der Waals surface area contributed by atoms with Gasteiger partial charge in [-0.2, -0.15) is 0 Å². The summed E-state index contributed by atoms with van der Waals surface area (Å²) in [5, 5.41) is 13.9. The van der Waals surface area contributed by atoms with E-state index < -0.39 is 23.5 Å². The number of aromatic nitrogens is 1. The highest BCUT2D eigenvalue weighted by molar-refractivity contribution is 5.88. The molecule has 2 aromatic heterocycles. The summed E-state index contributed by atoms with van der Waals surface area (Å²) in [6, 6.07) is 11.4. The number of carboxylic acid groups (broad SMARTS) is 1. The molecular formula is C25H24N2O6. The molecule has 0 bridgehead atoms. The standard InChI is InChI=1S/C25H24N2O6/c1-3-15-11-23(29)33-24-14(2)21(9-8-18(15)24)32-13-22(28)27-20(25(30)31)10-16-12-26-19-7-5-4-6-17(16)19/h4-9,11-12,20,26H,3,10,13H2,1-2H3,(H,27,28)(H,30,31)/t20-/m1/s1. The quantitative estimate of drug-likeness (QED) is 0.356. The number of aryl methyl sites for hydroxylation is 2. The van der Waals surface area contributed by atoms with Crippen LogP contribution < -0.4 is 15.7 Å². The maximum Gasteiger partial charge on any atom is 0.336 e. The first-order valence-corrected chi connectivity index (χ1v) is 10.6. The number of benzene rings is 2. The van der Waals surface area contributed by atoms with Gasteiger partial charge in [-0.15, -0.1) is 0 Å². The number of H-pyrrole nitrogens is 1. The van der Waals surface area contributed by atoms with Crippen molar-refractivity contribution in [1.82, 2.24) is 10.3 Å². The minimum absolute atomic E-state index is 0.130. The summed E-state index contributed by atoms with van der Waals surface area (Å²) in [5.41, 5.74) is 3.14. The van der Waals surface area contributed by atoms with Gasteiger partial charge in [0.1, 0.15) is 17.4 Å². The minimum atomic E-state index is -1.13. The first kappa shape index (κ1) is 22.1. The number of fused-ring (bicyclic) bond motifs is 2. The van der Waals surface area contributed by atoms with E-state index in [0.717, 1.165) is 27.4 Å². The van der Waals surface area contributed by atoms with Gasteiger partial charge in [-0.25, -0.2) is 9.59 Å². The lowest BCUT2D eigenvalue weighted by Crippen LogP contribution is -2.44. The van der Waals surface area contributed by atoms with E-state index in [1.165, 1.54) is 6.07 Å². The molecule has 0 aliphatic rings. The molecule has 2 heterocycles. The fraction of sp³-hybridized carbons (Fsp3) is 0.240. The van der Waals surface area contributed by atoms with Crippen LogP contribution >= 0.6 is 0 Å². The zero-order valence-electron chi connectivity index (χ0n) is 18.3. The third-order valence-electron chi connectivity index (χ3n) is 5.67. The molecule has 0 spiro atoms. The molecule has 170 valence electrons. The lowest BCUT2D eigenvalue weighted by Gasteiger charge is -2.16. The molecule has 0 radical (unpaired) electrons. The molecule has 33 heavy (non-hydrogen) atoms. The lowest BCUT2D eigenvalue weighted by molar-refractivity contribution is -0.142. The van der Waals surface area contributed by atoms with Crippen LogP contribution in [-0.4, -0.2) is 34.6 Å². The van der Waals surface area contributed by atoms with E-state index in [9.17, 15) is 19.5 Å². The highest BCUT2D eigenvalue weighted by atomic mass is 16.5. The number of amides is 1. The Bertz CT molecular complexity index is 1400. The zero-order valence-corrected chi connectivity index (χ0v) is 18.3. The van der Waals surface area contributed by atoms with E-state index in [-0.39, 0.29) is 13.0 Å². The van der Waals surface area contributed by atoms with Crippen LogP contribution in [0.25, 0.3) is 21.9 Å². The van der Waals surface area contributed by atoms with Gasteiger partial charge < -0.3 is 24.6 Å². The van der Waals surface area contributed by atoms with Crippen LogP contribution in [0.2, 0.25) is 0 Å². The Balaban J connectivity index is 1.46. The smallest absolute Gasteiger partial charge is 0.336 e. The number of para-hydroxylation sites is 1. The monoisotopic (exact) mass is 448 g/mol. The topological polar surface area (TPSA) is 122 Å². The summed E-state index contributed by atoms with van der Waals surface area (Å²) >= 11 is 0. The molecule has 0 fully saturated rings. The van der Waals surface area contributed by atoms with Crippen molar-refractivity contribution in [1.29, 1.82) is 0 Å². The number of ether oxygens (including phenoxy) is 1. The third kappa shape index (κ3) is 4.59. The molecule has 0 unspecified atom stereocenters. The number of carbonyl (C=O) groups excluding carboxylic acids is 1. The van der Waals surface area contributed by atoms with Gasteiger partial charge in [0.2, 0.25) is 0 Å². The second-order valence-corrected chi connectivity index (χ2v) is 7.82. The third-order valence-corrected chi connectivity index (χ3v) is 5.67. The predicted molar refractivity (Wildman–Crippen MR) is 124 cm³/mol. The molecule has 0 saturated carbocycles. The van der Waals surface area contributed by atoms with Crippen LogP contribution in [0.3, 0.4) is 0 Å². The van der Waals surface area contributed by atoms with Crippen molar-refractivity contribution in [3.8, 4) is 5.75 Å². The maximum atomic E-state index is 12.5. The molecule has 1 atom stereocenters. The summed E-state index contributed by atoms with van der Waals surface area (Å²) in [7, 11) is 0. The van der Waals surface area contributed by atoms with Crippen molar-refractivity contribution < 1.29 is 23.8 Å². The molecule has 0 aliphatic carbocycles. The molecule has 3 N–H and O–H groups in total. The summed E-state index contributed by atoms with van der Waals surface area (Å²) < 4.78 is 11.0. The van der Waals surface area contributed by atoms with Gasteiger partial charge in [0.25, 0.3) is 5.91 Å². The number of carbonyl (C=O) groups is 2. The molecule has 8 nitrogen and oxygen atoms in total. The summed E-state index contributed by atoms with van der Waals surface area (Å²) in [4.78, 5) is 39.2. The molecule has 4 rings (SSSR count). The van der Waals surface area contributed by atoms with E-state index in [4.69, 9.17) is 9.15 Å². The number of aromatic amines is 1. The largest absolute Gasteiger partial charge is 0.483 e. The fourth-order valence-corrected chi connectivity index (χ4v) is 3.96. The normalized spacial score (nSPS) is 12.1. The van der Waals surface area contributed by atoms with E-state index in [1.807, 2.05) is 31.2 Å². The Morgan fingerprint density at radius 1 is 1.15 bits per heavy atom. The molecule has 2 aromatic carbocycles. The second kappa shape index (κ2) is 9.20. The Morgan fingerprint density at radius 3 is 2.70 bits per heavy atom. The average Bonchev–Trinajstić information content (AvgIpc) is 3.21. The molecular weight excluding hydrogens is 424 g/mol. The molecule has 0 aliphatic heterocycles. The number of hydrogen-bond donors (Lipinski definition) is 3. The van der Waals surface area contributed by atoms with Crippen molar-refractivity contribution in [2.24, 2.45) is 0 Å². The van der Waals surface area contributed by atoms with Gasteiger partial charge in [0.15, 0.2) is 6.61 Å². The Morgan fingerprint density at radius 2 is 1.94 bits per heavy atom. The van der Waals surface area contributed by atoms with Crippen molar-refractivity contribution in [2.75, 3.05) is 6.61 Å². The van der Waals surface area contributed by atoms with E-state index in [2.05, 4.69) is 10.3 Å². The summed E-state index contributed by atoms with van der Waals surface area (Å²) in [6.07, 6.45) is 2.56. The number of nitrogens with one attached hydrogen (secondary N) is 2. The maximum absolute atomic E-state index is 12.5. The molecule has 4 aromatic rings. The second-order valence-electron chi connectivity index (χ2n) is 7.82. The van der Waals surface area contributed by atoms with Gasteiger partial charge >= 0.3 is 11.6 Å². The van der Waals surface area contributed by atoms with Crippen molar-refractivity contribution in [3.63, 3.8) is 0 Å². The van der Waals surface area contributed by atoms with E-state index >= 15 is 0 Å². The summed E-state index contributed by atoms with van der Waals surface area (Å²) in [5.74, 6) is -1.31. The average molecular weight is 448 g/mol. The Kier molecular flexibility index (Phi) is 6.17. The van der Waals surface area contributed by atoms with Crippen molar-refractivity contribution >= 4 is 33.7 Å². The first-order valence-electron chi connectivity index (χ1n) is 10.6. The number of hydrogen-bond acceptors (Lipinski definition) is 5. The fourth-order valence-electron chi connectivity index (χ4n) is 3.96. The number of rotatable bonds is 8. The van der Waals surface area contributed by atoms with Crippen LogP contribution in [-0.2, 0) is 22.4 Å². The zero-order chi connectivity index (χ0) is 23.5. The summed E-state index contributed by atoms with van der Waals surface area (Å²) in [6.45, 7) is 3.32. The minimum Gasteiger partial charge on any atom is -0.483 e. The predicted octanol–water partition coefficient (Wildman–Crippen LogP) is 3.34. The van der Waals surface area contributed by atoms with Crippen molar-refractivity contribution in [3.05, 3.63) is 75.8 Å². The lowest BCUT2D eigenvalue weighted by atomic mass is 10.0. The van der Waals surface area contributed by atoms with Crippen LogP contribution in [0.5, 0.6) is 5.75 Å². The van der Waals surface area contributed by atoms with Crippen molar-refractivity contribution in [2.45, 2.75) is 32.7 Å². The van der Waals surface area contributed by atoms with Gasteiger partial charge in [-0.3, -0.25) is 4.79 Å². The van der Waals surface area contributed by atoms with Gasteiger partial charge in [-0.05, 0) is 42.7 Å². The van der Waals surface area contributed by atoms with Crippen LogP contribution in [0.4, 0.5) is 0 Å². The number of carboxylic acids is 1. The molecule has 0 saturated heterocycles. The highest BCUT2D eigenvalue weighted by Crippen LogP contribution is 2.28. The Hall–Kier alpha value is -4.07. The molecule has 1 amide bonds. The van der Waals surface area contributed by atoms with Gasteiger partial charge in [0, 0.05) is 40.5 Å². The van der Waals surface area contributed by atoms with Crippen LogP contribution in [0.1, 0.15) is 23.6 Å². The Labute approximate surface area is 189 Å². The molecule has 8 heteroatoms.